The summed E-state index contributed by atoms with van der Waals surface area (Å²) >= 11 is 0. The largest absolute Gasteiger partial charge is 0.497 e. The zero-order chi connectivity index (χ0) is 25.6. The summed E-state index contributed by atoms with van der Waals surface area (Å²) in [5.41, 5.74) is 6.86. The first-order valence-corrected chi connectivity index (χ1v) is 13.1. The molecule has 6 nitrogen and oxygen atoms in total. The fourth-order valence-electron chi connectivity index (χ4n) is 5.09. The average Bonchev–Trinajstić information content (AvgIpc) is 3.31. The average molecular weight is 497 g/mol. The number of amides is 1. The van der Waals surface area contributed by atoms with Crippen LogP contribution in [0.15, 0.2) is 72.8 Å². The molecular formula is C31H36N4O2. The normalized spacial score (nSPS) is 14.6. The molecule has 4 aromatic rings. The lowest BCUT2D eigenvalue weighted by molar-refractivity contribution is -0.121. The highest BCUT2D eigenvalue weighted by molar-refractivity contribution is 5.91. The lowest BCUT2D eigenvalue weighted by Gasteiger charge is -2.32. The van der Waals surface area contributed by atoms with Crippen molar-refractivity contribution < 1.29 is 9.53 Å². The minimum absolute atomic E-state index is 0.0652. The first-order chi connectivity index (χ1) is 18.1. The van der Waals surface area contributed by atoms with Crippen molar-refractivity contribution >= 4 is 16.8 Å². The summed E-state index contributed by atoms with van der Waals surface area (Å²) in [6.45, 7) is 5.95. The highest BCUT2D eigenvalue weighted by Gasteiger charge is 2.16. The number of benzene rings is 3. The van der Waals surface area contributed by atoms with E-state index in [0.29, 0.717) is 19.4 Å². The quantitative estimate of drug-likeness (QED) is 0.348. The summed E-state index contributed by atoms with van der Waals surface area (Å²) in [7, 11) is 3.85. The molecule has 0 spiro atoms. The number of ether oxygens (including phenoxy) is 1. The molecule has 0 bridgehead atoms. The Bertz CT molecular complexity index is 1340. The number of rotatable bonds is 9. The molecule has 0 atom stereocenters. The van der Waals surface area contributed by atoms with E-state index in [9.17, 15) is 4.79 Å². The Morgan fingerprint density at radius 3 is 2.49 bits per heavy atom. The Hall–Kier alpha value is -3.61. The second-order valence-corrected chi connectivity index (χ2v) is 9.93. The number of hydrogen-bond donors (Lipinski definition) is 2. The number of aromatic nitrogens is 1. The van der Waals surface area contributed by atoms with E-state index >= 15 is 0 Å². The van der Waals surface area contributed by atoms with E-state index in [2.05, 4.69) is 75.7 Å². The van der Waals surface area contributed by atoms with Crippen LogP contribution in [-0.4, -0.2) is 61.0 Å². The van der Waals surface area contributed by atoms with Gasteiger partial charge in [-0.1, -0.05) is 42.5 Å². The molecule has 3 aromatic carbocycles. The molecule has 1 fully saturated rings. The Kier molecular flexibility index (Phi) is 7.87. The number of fused-ring (bicyclic) bond motifs is 1. The summed E-state index contributed by atoms with van der Waals surface area (Å²) in [4.78, 5) is 21.3. The molecule has 37 heavy (non-hydrogen) atoms. The van der Waals surface area contributed by atoms with Crippen molar-refractivity contribution in [2.24, 2.45) is 0 Å². The van der Waals surface area contributed by atoms with Crippen LogP contribution in [0.5, 0.6) is 5.75 Å². The Morgan fingerprint density at radius 1 is 0.946 bits per heavy atom. The number of aromatic amines is 1. The summed E-state index contributed by atoms with van der Waals surface area (Å²) < 4.78 is 5.32. The zero-order valence-corrected chi connectivity index (χ0v) is 21.8. The van der Waals surface area contributed by atoms with Crippen LogP contribution in [0.2, 0.25) is 0 Å². The van der Waals surface area contributed by atoms with Crippen LogP contribution in [0.1, 0.15) is 23.1 Å². The van der Waals surface area contributed by atoms with Crippen LogP contribution in [0.3, 0.4) is 0 Å². The smallest absolute Gasteiger partial charge is 0.220 e. The van der Waals surface area contributed by atoms with E-state index < -0.39 is 0 Å². The Labute approximate surface area is 219 Å². The topological polar surface area (TPSA) is 60.6 Å². The van der Waals surface area contributed by atoms with Gasteiger partial charge < -0.3 is 19.9 Å². The number of carbonyl (C=O) groups is 1. The molecule has 1 aliphatic heterocycles. The summed E-state index contributed by atoms with van der Waals surface area (Å²) in [6, 6.07) is 24.9. The molecule has 6 heteroatoms. The van der Waals surface area contributed by atoms with E-state index in [1.165, 1.54) is 11.1 Å². The lowest BCUT2D eigenvalue weighted by Crippen LogP contribution is -2.43. The number of piperazine rings is 1. The highest BCUT2D eigenvalue weighted by Crippen LogP contribution is 2.32. The third kappa shape index (κ3) is 6.21. The number of para-hydroxylation sites is 1. The summed E-state index contributed by atoms with van der Waals surface area (Å²) in [6.07, 6.45) is 1.10. The Balaban J connectivity index is 1.21. The minimum atomic E-state index is 0.0652. The maximum atomic E-state index is 12.9. The molecule has 192 valence electrons. The van der Waals surface area contributed by atoms with Gasteiger partial charge in [0.1, 0.15) is 5.75 Å². The van der Waals surface area contributed by atoms with Gasteiger partial charge in [0.2, 0.25) is 5.91 Å². The number of aryl methyl sites for hydroxylation is 1. The molecule has 1 saturated heterocycles. The maximum absolute atomic E-state index is 12.9. The van der Waals surface area contributed by atoms with Crippen LogP contribution in [0, 0.1) is 0 Å². The molecule has 0 unspecified atom stereocenters. The number of nitrogens with one attached hydrogen (secondary N) is 2. The number of carbonyl (C=O) groups excluding carboxylic acids is 1. The van der Waals surface area contributed by atoms with Gasteiger partial charge in [0, 0.05) is 62.3 Å². The van der Waals surface area contributed by atoms with Crippen molar-refractivity contribution in [3.63, 3.8) is 0 Å². The second kappa shape index (κ2) is 11.6. The number of methoxy groups -OCH3 is 1. The van der Waals surface area contributed by atoms with Gasteiger partial charge in [-0.25, -0.2) is 0 Å². The first kappa shape index (κ1) is 25.1. The van der Waals surface area contributed by atoms with Crippen LogP contribution in [0.25, 0.3) is 22.2 Å². The Morgan fingerprint density at radius 2 is 1.70 bits per heavy atom. The monoisotopic (exact) mass is 496 g/mol. The van der Waals surface area contributed by atoms with Gasteiger partial charge in [0.05, 0.1) is 7.11 Å². The molecule has 5 rings (SSSR count). The lowest BCUT2D eigenvalue weighted by atomic mass is 10.0. The van der Waals surface area contributed by atoms with Crippen LogP contribution < -0.4 is 10.1 Å². The first-order valence-electron chi connectivity index (χ1n) is 13.1. The fraction of sp³-hybridized carbons (Fsp3) is 0.323. The van der Waals surface area contributed by atoms with Gasteiger partial charge >= 0.3 is 0 Å². The van der Waals surface area contributed by atoms with Crippen LogP contribution >= 0.6 is 0 Å². The maximum Gasteiger partial charge on any atom is 0.220 e. The number of H-pyrrole nitrogens is 1. The van der Waals surface area contributed by atoms with Gasteiger partial charge in [0.25, 0.3) is 0 Å². The minimum Gasteiger partial charge on any atom is -0.497 e. The fourth-order valence-corrected chi connectivity index (χ4v) is 5.09. The predicted octanol–water partition coefficient (Wildman–Crippen LogP) is 4.84. The number of hydrogen-bond acceptors (Lipinski definition) is 4. The molecule has 0 aliphatic carbocycles. The molecule has 1 amide bonds. The van der Waals surface area contributed by atoms with Crippen molar-refractivity contribution in [2.45, 2.75) is 25.9 Å². The van der Waals surface area contributed by atoms with Gasteiger partial charge in [-0.2, -0.15) is 0 Å². The van der Waals surface area contributed by atoms with Crippen molar-refractivity contribution in [2.75, 3.05) is 40.3 Å². The highest BCUT2D eigenvalue weighted by atomic mass is 16.5. The van der Waals surface area contributed by atoms with Crippen molar-refractivity contribution in [1.82, 2.24) is 20.1 Å². The number of likely N-dealkylation sites (N-methyl/N-ethyl adjacent to an activating group) is 1. The third-order valence-electron chi connectivity index (χ3n) is 7.28. The zero-order valence-electron chi connectivity index (χ0n) is 21.8. The molecule has 0 saturated carbocycles. The second-order valence-electron chi connectivity index (χ2n) is 9.93. The number of nitrogens with zero attached hydrogens (tertiary/aromatic N) is 2. The molecular weight excluding hydrogens is 460 g/mol. The van der Waals surface area contributed by atoms with Crippen LogP contribution in [-0.2, 0) is 24.3 Å². The molecule has 2 N–H and O–H groups in total. The van der Waals surface area contributed by atoms with E-state index in [1.54, 1.807) is 7.11 Å². The predicted molar refractivity (Wildman–Crippen MR) is 150 cm³/mol. The van der Waals surface area contributed by atoms with Gasteiger partial charge in [-0.05, 0) is 66.1 Å². The van der Waals surface area contributed by atoms with Gasteiger partial charge in [-0.3, -0.25) is 9.69 Å². The van der Waals surface area contributed by atoms with Gasteiger partial charge in [-0.15, -0.1) is 0 Å². The van der Waals surface area contributed by atoms with Gasteiger partial charge in [0.15, 0.2) is 0 Å². The third-order valence-corrected chi connectivity index (χ3v) is 7.28. The van der Waals surface area contributed by atoms with E-state index in [4.69, 9.17) is 4.74 Å². The molecule has 1 aromatic heterocycles. The molecule has 0 radical (unpaired) electrons. The van der Waals surface area contributed by atoms with Crippen molar-refractivity contribution in [3.8, 4) is 17.0 Å². The molecule has 2 heterocycles. The SMILES string of the molecule is COc1ccc(-c2[nH]c3ccccc3c2CCC(=O)NCc2cccc(CN3CCN(C)CC3)c2)cc1. The van der Waals surface area contributed by atoms with Crippen molar-refractivity contribution in [3.05, 3.63) is 89.5 Å². The van der Waals surface area contributed by atoms with E-state index in [-0.39, 0.29) is 5.91 Å². The summed E-state index contributed by atoms with van der Waals surface area (Å²) in [5, 5.41) is 4.30. The van der Waals surface area contributed by atoms with Crippen molar-refractivity contribution in [1.29, 1.82) is 0 Å². The molecule has 1 aliphatic rings. The van der Waals surface area contributed by atoms with Crippen LogP contribution in [0.4, 0.5) is 0 Å². The van der Waals surface area contributed by atoms with E-state index in [0.717, 1.165) is 66.2 Å². The standard InChI is InChI=1S/C31H36N4O2/c1-34-16-18-35(19-17-34)22-24-7-5-6-23(20-24)21-32-30(36)15-14-28-27-8-3-4-9-29(27)33-31(28)25-10-12-26(37-2)13-11-25/h3-13,20,33H,14-19,21-22H2,1-2H3,(H,32,36). The summed E-state index contributed by atoms with van der Waals surface area (Å²) in [5.74, 6) is 0.892. The van der Waals surface area contributed by atoms with E-state index in [1.807, 2.05) is 24.3 Å².